The maximum absolute atomic E-state index is 8.78. The highest BCUT2D eigenvalue weighted by molar-refractivity contribution is 5.85. The highest BCUT2D eigenvalue weighted by atomic mass is 35.5. The van der Waals surface area contributed by atoms with Gasteiger partial charge in [-0.25, -0.2) is 0 Å². The maximum atomic E-state index is 8.78. The molecule has 2 rings (SSSR count). The third kappa shape index (κ3) is 2.67. The molecule has 2 N–H and O–H groups in total. The van der Waals surface area contributed by atoms with Gasteiger partial charge in [0.2, 0.25) is 0 Å². The standard InChI is InChI=1S/C8H14N4O.ClH/c13-6-8-5-12(11-10-8)4-7-2-1-3-9-7;/h5,7,9,13H,1-4,6H2;1H. The van der Waals surface area contributed by atoms with Crippen LogP contribution in [0.2, 0.25) is 0 Å². The number of nitrogens with zero attached hydrogens (tertiary/aromatic N) is 3. The van der Waals surface area contributed by atoms with E-state index in [1.165, 1.54) is 12.8 Å². The SMILES string of the molecule is Cl.OCc1cn(CC2CCCN2)nn1. The molecule has 0 spiro atoms. The van der Waals surface area contributed by atoms with Crippen molar-refractivity contribution in [3.8, 4) is 0 Å². The summed E-state index contributed by atoms with van der Waals surface area (Å²) in [6.07, 6.45) is 4.24. The molecule has 5 nitrogen and oxygen atoms in total. The van der Waals surface area contributed by atoms with Crippen molar-refractivity contribution >= 4 is 12.4 Å². The molecule has 1 fully saturated rings. The van der Waals surface area contributed by atoms with Crippen molar-refractivity contribution in [2.45, 2.75) is 32.0 Å². The summed E-state index contributed by atoms with van der Waals surface area (Å²) in [4.78, 5) is 0. The van der Waals surface area contributed by atoms with Gasteiger partial charge in [-0.2, -0.15) is 0 Å². The maximum Gasteiger partial charge on any atom is 0.108 e. The van der Waals surface area contributed by atoms with E-state index in [0.717, 1.165) is 13.1 Å². The molecule has 0 bridgehead atoms. The van der Waals surface area contributed by atoms with E-state index in [9.17, 15) is 0 Å². The van der Waals surface area contributed by atoms with Crippen LogP contribution in [-0.4, -0.2) is 32.7 Å². The average molecular weight is 219 g/mol. The molecule has 1 unspecified atom stereocenters. The Labute approximate surface area is 88.9 Å². The number of aromatic nitrogens is 3. The molecule has 6 heteroatoms. The van der Waals surface area contributed by atoms with Crippen molar-refractivity contribution in [1.82, 2.24) is 20.3 Å². The Hall–Kier alpha value is -0.650. The second kappa shape index (κ2) is 5.29. The van der Waals surface area contributed by atoms with Gasteiger partial charge >= 0.3 is 0 Å². The van der Waals surface area contributed by atoms with Crippen LogP contribution >= 0.6 is 12.4 Å². The molecule has 0 saturated carbocycles. The van der Waals surface area contributed by atoms with Gasteiger partial charge in [0.25, 0.3) is 0 Å². The molecule has 1 atom stereocenters. The molecule has 1 aliphatic rings. The molecule has 1 aromatic heterocycles. The van der Waals surface area contributed by atoms with Gasteiger partial charge in [-0.15, -0.1) is 17.5 Å². The Balaban J connectivity index is 0.000000980. The minimum atomic E-state index is -0.0297. The van der Waals surface area contributed by atoms with Gasteiger partial charge < -0.3 is 10.4 Å². The first-order chi connectivity index (χ1) is 6.38. The zero-order valence-corrected chi connectivity index (χ0v) is 8.70. The minimum absolute atomic E-state index is 0. The predicted octanol–water partition coefficient (Wildman–Crippen LogP) is -0.0558. The number of aliphatic hydroxyl groups is 1. The van der Waals surface area contributed by atoms with Crippen LogP contribution in [0.25, 0.3) is 0 Å². The molecule has 1 saturated heterocycles. The fourth-order valence-electron chi connectivity index (χ4n) is 1.64. The molecule has 80 valence electrons. The van der Waals surface area contributed by atoms with Crippen LogP contribution in [0.5, 0.6) is 0 Å². The van der Waals surface area contributed by atoms with Crippen LogP contribution in [0.4, 0.5) is 0 Å². The zero-order chi connectivity index (χ0) is 9.10. The van der Waals surface area contributed by atoms with E-state index in [4.69, 9.17) is 5.11 Å². The summed E-state index contributed by atoms with van der Waals surface area (Å²) in [5.41, 5.74) is 0.637. The van der Waals surface area contributed by atoms with Crippen LogP contribution in [0, 0.1) is 0 Å². The molecular formula is C8H15ClN4O. The smallest absolute Gasteiger partial charge is 0.108 e. The lowest BCUT2D eigenvalue weighted by Gasteiger charge is -2.08. The van der Waals surface area contributed by atoms with Gasteiger partial charge in [-0.1, -0.05) is 5.21 Å². The van der Waals surface area contributed by atoms with Crippen molar-refractivity contribution in [3.63, 3.8) is 0 Å². The number of nitrogens with one attached hydrogen (secondary N) is 1. The first kappa shape index (κ1) is 11.4. The predicted molar refractivity (Wildman–Crippen MR) is 54.2 cm³/mol. The second-order valence-electron chi connectivity index (χ2n) is 3.38. The number of rotatable bonds is 3. The Morgan fingerprint density at radius 2 is 2.50 bits per heavy atom. The Bertz CT molecular complexity index is 272. The highest BCUT2D eigenvalue weighted by Crippen LogP contribution is 2.06. The molecule has 0 aliphatic carbocycles. The monoisotopic (exact) mass is 218 g/mol. The van der Waals surface area contributed by atoms with Crippen LogP contribution in [0.3, 0.4) is 0 Å². The van der Waals surface area contributed by atoms with Gasteiger partial charge in [0.05, 0.1) is 19.3 Å². The third-order valence-electron chi connectivity index (χ3n) is 2.32. The summed E-state index contributed by atoms with van der Waals surface area (Å²) in [6, 6.07) is 0.522. The van der Waals surface area contributed by atoms with E-state index in [1.54, 1.807) is 10.9 Å². The first-order valence-electron chi connectivity index (χ1n) is 4.62. The second-order valence-corrected chi connectivity index (χ2v) is 3.38. The Morgan fingerprint density at radius 1 is 1.64 bits per heavy atom. The summed E-state index contributed by atoms with van der Waals surface area (Å²) in [7, 11) is 0. The van der Waals surface area contributed by atoms with Crippen molar-refractivity contribution in [2.75, 3.05) is 6.54 Å². The molecule has 1 aromatic rings. The van der Waals surface area contributed by atoms with E-state index in [2.05, 4.69) is 15.6 Å². The van der Waals surface area contributed by atoms with Crippen molar-refractivity contribution < 1.29 is 5.11 Å². The van der Waals surface area contributed by atoms with Crippen LogP contribution < -0.4 is 5.32 Å². The summed E-state index contributed by atoms with van der Waals surface area (Å²) in [6.45, 7) is 1.93. The minimum Gasteiger partial charge on any atom is -0.390 e. The van der Waals surface area contributed by atoms with Gasteiger partial charge in [0.1, 0.15) is 5.69 Å². The molecule has 14 heavy (non-hydrogen) atoms. The van der Waals surface area contributed by atoms with Crippen molar-refractivity contribution in [2.24, 2.45) is 0 Å². The topological polar surface area (TPSA) is 63.0 Å². The van der Waals surface area contributed by atoms with Gasteiger partial charge in [-0.05, 0) is 19.4 Å². The zero-order valence-electron chi connectivity index (χ0n) is 7.89. The fraction of sp³-hybridized carbons (Fsp3) is 0.750. The van der Waals surface area contributed by atoms with Gasteiger partial charge in [-0.3, -0.25) is 4.68 Å². The normalized spacial score (nSPS) is 20.8. The molecular weight excluding hydrogens is 204 g/mol. The lowest BCUT2D eigenvalue weighted by Crippen LogP contribution is -2.26. The highest BCUT2D eigenvalue weighted by Gasteiger charge is 2.14. The van der Waals surface area contributed by atoms with Crippen LogP contribution in [-0.2, 0) is 13.2 Å². The van der Waals surface area contributed by atoms with Gasteiger partial charge in [0, 0.05) is 6.04 Å². The largest absolute Gasteiger partial charge is 0.390 e. The van der Waals surface area contributed by atoms with E-state index in [1.807, 2.05) is 0 Å². The average Bonchev–Trinajstić information content (AvgIpc) is 2.76. The van der Waals surface area contributed by atoms with Crippen LogP contribution in [0.1, 0.15) is 18.5 Å². The van der Waals surface area contributed by atoms with Crippen molar-refractivity contribution in [3.05, 3.63) is 11.9 Å². The third-order valence-corrected chi connectivity index (χ3v) is 2.32. The molecule has 0 amide bonds. The lowest BCUT2D eigenvalue weighted by atomic mass is 10.2. The Morgan fingerprint density at radius 3 is 3.07 bits per heavy atom. The molecule has 1 aliphatic heterocycles. The van der Waals surface area contributed by atoms with E-state index < -0.39 is 0 Å². The fourth-order valence-corrected chi connectivity index (χ4v) is 1.64. The van der Waals surface area contributed by atoms with Crippen molar-refractivity contribution in [1.29, 1.82) is 0 Å². The summed E-state index contributed by atoms with van der Waals surface area (Å²) < 4.78 is 1.79. The lowest BCUT2D eigenvalue weighted by molar-refractivity contribution is 0.276. The van der Waals surface area contributed by atoms with E-state index in [0.29, 0.717) is 11.7 Å². The summed E-state index contributed by atoms with van der Waals surface area (Å²) in [5.74, 6) is 0. The summed E-state index contributed by atoms with van der Waals surface area (Å²) in [5, 5.41) is 19.9. The molecule has 2 heterocycles. The summed E-state index contributed by atoms with van der Waals surface area (Å²) >= 11 is 0. The van der Waals surface area contributed by atoms with E-state index >= 15 is 0 Å². The quantitative estimate of drug-likeness (QED) is 0.747. The number of aliphatic hydroxyl groups excluding tert-OH is 1. The Kier molecular flexibility index (Phi) is 4.31. The number of hydrogen-bond donors (Lipinski definition) is 2. The number of halogens is 1. The number of hydrogen-bond acceptors (Lipinski definition) is 4. The van der Waals surface area contributed by atoms with E-state index in [-0.39, 0.29) is 19.0 Å². The molecule has 0 aromatic carbocycles. The molecule has 0 radical (unpaired) electrons. The first-order valence-corrected chi connectivity index (χ1v) is 4.62. The van der Waals surface area contributed by atoms with Gasteiger partial charge in [0.15, 0.2) is 0 Å². The van der Waals surface area contributed by atoms with Crippen LogP contribution in [0.15, 0.2) is 6.20 Å².